The summed E-state index contributed by atoms with van der Waals surface area (Å²) in [6.45, 7) is 0.662. The SMILES string of the molecule is c1ccc2c(-c3noc(CCn4ccnn4)n3)c[nH]c2c1. The average molecular weight is 280 g/mol. The van der Waals surface area contributed by atoms with Gasteiger partial charge in [-0.05, 0) is 6.07 Å². The maximum Gasteiger partial charge on any atom is 0.228 e. The Labute approximate surface area is 119 Å². The van der Waals surface area contributed by atoms with Crippen molar-refractivity contribution < 1.29 is 4.52 Å². The molecule has 1 aromatic carbocycles. The van der Waals surface area contributed by atoms with Crippen LogP contribution in [0.25, 0.3) is 22.3 Å². The highest BCUT2D eigenvalue weighted by Gasteiger charge is 2.12. The Balaban J connectivity index is 1.59. The molecule has 0 fully saturated rings. The largest absolute Gasteiger partial charge is 0.360 e. The van der Waals surface area contributed by atoms with Gasteiger partial charge >= 0.3 is 0 Å². The maximum absolute atomic E-state index is 5.30. The van der Waals surface area contributed by atoms with Crippen molar-refractivity contribution in [3.63, 3.8) is 0 Å². The van der Waals surface area contributed by atoms with Gasteiger partial charge in [0.15, 0.2) is 0 Å². The van der Waals surface area contributed by atoms with Crippen molar-refractivity contribution in [2.75, 3.05) is 0 Å². The molecule has 0 aliphatic carbocycles. The Morgan fingerprint density at radius 1 is 1.24 bits per heavy atom. The van der Waals surface area contributed by atoms with Crippen LogP contribution in [0.3, 0.4) is 0 Å². The highest BCUT2D eigenvalue weighted by Crippen LogP contribution is 2.26. The number of para-hydroxylation sites is 1. The average Bonchev–Trinajstić information content (AvgIpc) is 3.25. The number of fused-ring (bicyclic) bond motifs is 1. The smallest absolute Gasteiger partial charge is 0.228 e. The van der Waals surface area contributed by atoms with Crippen molar-refractivity contribution >= 4 is 10.9 Å². The number of nitrogens with zero attached hydrogens (tertiary/aromatic N) is 5. The molecule has 3 aromatic heterocycles. The fraction of sp³-hybridized carbons (Fsp3) is 0.143. The maximum atomic E-state index is 5.30. The Kier molecular flexibility index (Phi) is 2.74. The van der Waals surface area contributed by atoms with Crippen molar-refractivity contribution in [2.24, 2.45) is 0 Å². The number of rotatable bonds is 4. The lowest BCUT2D eigenvalue weighted by Gasteiger charge is -1.94. The lowest BCUT2D eigenvalue weighted by Crippen LogP contribution is -2.02. The number of nitrogens with one attached hydrogen (secondary N) is 1. The molecule has 3 heterocycles. The fourth-order valence-corrected chi connectivity index (χ4v) is 2.28. The molecule has 21 heavy (non-hydrogen) atoms. The zero-order chi connectivity index (χ0) is 14.1. The molecule has 0 atom stereocenters. The summed E-state index contributed by atoms with van der Waals surface area (Å²) in [6, 6.07) is 8.03. The van der Waals surface area contributed by atoms with Gasteiger partial charge in [0, 0.05) is 35.3 Å². The summed E-state index contributed by atoms with van der Waals surface area (Å²) in [5.41, 5.74) is 2.00. The van der Waals surface area contributed by atoms with E-state index in [-0.39, 0.29) is 0 Å². The summed E-state index contributed by atoms with van der Waals surface area (Å²) < 4.78 is 7.03. The molecule has 0 bridgehead atoms. The summed E-state index contributed by atoms with van der Waals surface area (Å²) in [6.07, 6.45) is 5.97. The van der Waals surface area contributed by atoms with E-state index in [0.717, 1.165) is 16.5 Å². The minimum Gasteiger partial charge on any atom is -0.360 e. The number of aryl methyl sites for hydroxylation is 2. The van der Waals surface area contributed by atoms with E-state index in [9.17, 15) is 0 Å². The number of H-pyrrole nitrogens is 1. The zero-order valence-corrected chi connectivity index (χ0v) is 11.1. The first-order chi connectivity index (χ1) is 10.4. The standard InChI is InChI=1S/C14H12N6O/c1-2-4-12-10(3-1)11(9-15-12)14-17-13(21-18-14)5-7-20-8-6-16-19-20/h1-4,6,8-9,15H,5,7H2. The fourth-order valence-electron chi connectivity index (χ4n) is 2.28. The van der Waals surface area contributed by atoms with Crippen LogP contribution in [0.4, 0.5) is 0 Å². The highest BCUT2D eigenvalue weighted by atomic mass is 16.5. The van der Waals surface area contributed by atoms with Gasteiger partial charge in [-0.1, -0.05) is 28.6 Å². The third-order valence-corrected chi connectivity index (χ3v) is 3.32. The molecule has 0 radical (unpaired) electrons. The molecule has 0 spiro atoms. The Hall–Kier alpha value is -2.96. The van der Waals surface area contributed by atoms with E-state index in [2.05, 4.69) is 25.4 Å². The van der Waals surface area contributed by atoms with E-state index < -0.39 is 0 Å². The summed E-state index contributed by atoms with van der Waals surface area (Å²) in [5, 5.41) is 12.8. The second kappa shape index (κ2) is 4.86. The predicted molar refractivity (Wildman–Crippen MR) is 75.3 cm³/mol. The molecular formula is C14H12N6O. The van der Waals surface area contributed by atoms with E-state index in [1.165, 1.54) is 0 Å². The molecular weight excluding hydrogens is 268 g/mol. The highest BCUT2D eigenvalue weighted by molar-refractivity contribution is 5.93. The monoisotopic (exact) mass is 280 g/mol. The second-order valence-electron chi connectivity index (χ2n) is 4.68. The molecule has 7 heteroatoms. The van der Waals surface area contributed by atoms with Gasteiger partial charge in [-0.2, -0.15) is 4.98 Å². The van der Waals surface area contributed by atoms with Gasteiger partial charge in [-0.25, -0.2) is 0 Å². The second-order valence-corrected chi connectivity index (χ2v) is 4.68. The van der Waals surface area contributed by atoms with Gasteiger partial charge in [0.05, 0.1) is 12.7 Å². The normalized spacial score (nSPS) is 11.2. The zero-order valence-electron chi connectivity index (χ0n) is 11.1. The van der Waals surface area contributed by atoms with Crippen LogP contribution < -0.4 is 0 Å². The summed E-state index contributed by atoms with van der Waals surface area (Å²) >= 11 is 0. The van der Waals surface area contributed by atoms with Crippen LogP contribution in [0.5, 0.6) is 0 Å². The first-order valence-electron chi connectivity index (χ1n) is 6.63. The summed E-state index contributed by atoms with van der Waals surface area (Å²) in [5.74, 6) is 1.19. The number of benzene rings is 1. The first kappa shape index (κ1) is 11.8. The first-order valence-corrected chi connectivity index (χ1v) is 6.63. The molecule has 0 saturated carbocycles. The van der Waals surface area contributed by atoms with Crippen LogP contribution in [-0.4, -0.2) is 30.1 Å². The minimum absolute atomic E-state index is 0.589. The lowest BCUT2D eigenvalue weighted by atomic mass is 10.2. The van der Waals surface area contributed by atoms with Gasteiger partial charge in [-0.15, -0.1) is 5.10 Å². The van der Waals surface area contributed by atoms with Crippen LogP contribution in [0, 0.1) is 0 Å². The van der Waals surface area contributed by atoms with Crippen LogP contribution in [0.15, 0.2) is 47.4 Å². The molecule has 0 unspecified atom stereocenters. The van der Waals surface area contributed by atoms with E-state index in [0.29, 0.717) is 24.7 Å². The molecule has 4 rings (SSSR count). The van der Waals surface area contributed by atoms with Gasteiger partial charge in [0.25, 0.3) is 0 Å². The molecule has 7 nitrogen and oxygen atoms in total. The van der Waals surface area contributed by atoms with E-state index in [4.69, 9.17) is 4.52 Å². The van der Waals surface area contributed by atoms with Crippen LogP contribution in [0.2, 0.25) is 0 Å². The molecule has 1 N–H and O–H groups in total. The topological polar surface area (TPSA) is 85.4 Å². The number of aromatic nitrogens is 6. The number of hydrogen-bond donors (Lipinski definition) is 1. The lowest BCUT2D eigenvalue weighted by molar-refractivity contribution is 0.368. The minimum atomic E-state index is 0.589. The molecule has 0 saturated heterocycles. The van der Waals surface area contributed by atoms with Gasteiger partial charge in [0.1, 0.15) is 0 Å². The van der Waals surface area contributed by atoms with E-state index >= 15 is 0 Å². The van der Waals surface area contributed by atoms with Gasteiger partial charge < -0.3 is 9.51 Å². The van der Waals surface area contributed by atoms with Crippen LogP contribution >= 0.6 is 0 Å². The predicted octanol–water partition coefficient (Wildman–Crippen LogP) is 2.05. The third-order valence-electron chi connectivity index (χ3n) is 3.32. The Morgan fingerprint density at radius 3 is 3.10 bits per heavy atom. The summed E-state index contributed by atoms with van der Waals surface area (Å²) in [7, 11) is 0. The quantitative estimate of drug-likeness (QED) is 0.618. The van der Waals surface area contributed by atoms with Crippen LogP contribution in [0.1, 0.15) is 5.89 Å². The molecule has 0 aliphatic rings. The van der Waals surface area contributed by atoms with E-state index in [1.54, 1.807) is 17.1 Å². The van der Waals surface area contributed by atoms with Crippen molar-refractivity contribution in [3.05, 3.63) is 48.7 Å². The van der Waals surface area contributed by atoms with Gasteiger partial charge in [0.2, 0.25) is 11.7 Å². The van der Waals surface area contributed by atoms with Crippen molar-refractivity contribution in [1.82, 2.24) is 30.1 Å². The van der Waals surface area contributed by atoms with Crippen molar-refractivity contribution in [3.8, 4) is 11.4 Å². The summed E-state index contributed by atoms with van der Waals surface area (Å²) in [4.78, 5) is 7.65. The Bertz CT molecular complexity index is 861. The van der Waals surface area contributed by atoms with Crippen molar-refractivity contribution in [1.29, 1.82) is 0 Å². The van der Waals surface area contributed by atoms with Gasteiger partial charge in [-0.3, -0.25) is 4.68 Å². The van der Waals surface area contributed by atoms with Crippen molar-refractivity contribution in [2.45, 2.75) is 13.0 Å². The van der Waals surface area contributed by atoms with Crippen LogP contribution in [-0.2, 0) is 13.0 Å². The number of aromatic amines is 1. The number of hydrogen-bond acceptors (Lipinski definition) is 5. The molecule has 4 aromatic rings. The molecule has 0 aliphatic heterocycles. The van der Waals surface area contributed by atoms with E-state index in [1.807, 2.05) is 30.5 Å². The molecule has 0 amide bonds. The Morgan fingerprint density at radius 2 is 2.19 bits per heavy atom. The molecule has 104 valence electrons. The third kappa shape index (κ3) is 2.18.